The highest BCUT2D eigenvalue weighted by Gasteiger charge is 2.34. The minimum absolute atomic E-state index is 0.0530. The third-order valence-electron chi connectivity index (χ3n) is 7.42. The van der Waals surface area contributed by atoms with Crippen LogP contribution in [0.4, 0.5) is 0 Å². The second-order valence-electron chi connectivity index (χ2n) is 11.8. The SMILES string of the molecule is CC(C)[C@H](NC(=O)[C@@H](NC(=O)CCCCCc1ccc(O)cc1)C(CO)CNC(=O)[C@H](C)NC(=O)[C@H](C)NC(=O)[C@@H](N)CO)C(=O)O. The molecule has 1 unspecified atom stereocenters. The van der Waals surface area contributed by atoms with Gasteiger partial charge in [0.05, 0.1) is 13.2 Å². The lowest BCUT2D eigenvalue weighted by molar-refractivity contribution is -0.144. The van der Waals surface area contributed by atoms with Crippen LogP contribution in [0.5, 0.6) is 5.75 Å². The van der Waals surface area contributed by atoms with Gasteiger partial charge in [-0.2, -0.15) is 0 Å². The number of hydrogen-bond donors (Lipinski definition) is 10. The lowest BCUT2D eigenvalue weighted by Gasteiger charge is -2.29. The summed E-state index contributed by atoms with van der Waals surface area (Å²) in [5.74, 6) is -6.22. The zero-order valence-corrected chi connectivity index (χ0v) is 27.3. The number of hydrogen-bond acceptors (Lipinski definition) is 10. The number of carboxylic acid groups (broad SMARTS) is 1. The molecule has 0 spiro atoms. The van der Waals surface area contributed by atoms with E-state index in [1.54, 1.807) is 26.0 Å². The van der Waals surface area contributed by atoms with Gasteiger partial charge in [-0.3, -0.25) is 24.0 Å². The fraction of sp³-hybridized carbons (Fsp3) is 0.613. The molecule has 6 atom stereocenters. The molecule has 0 aromatic heterocycles. The van der Waals surface area contributed by atoms with Crippen LogP contribution in [0.1, 0.15) is 58.9 Å². The minimum atomic E-state index is -1.40. The van der Waals surface area contributed by atoms with Crippen LogP contribution in [0.2, 0.25) is 0 Å². The van der Waals surface area contributed by atoms with Crippen molar-refractivity contribution in [2.75, 3.05) is 19.8 Å². The molecule has 16 nitrogen and oxygen atoms in total. The maximum atomic E-state index is 13.3. The van der Waals surface area contributed by atoms with E-state index in [0.29, 0.717) is 12.8 Å². The average molecular weight is 667 g/mol. The smallest absolute Gasteiger partial charge is 0.326 e. The van der Waals surface area contributed by atoms with Crippen LogP contribution in [0.15, 0.2) is 24.3 Å². The monoisotopic (exact) mass is 666 g/mol. The van der Waals surface area contributed by atoms with Crippen LogP contribution in [0.25, 0.3) is 0 Å². The quantitative estimate of drug-likeness (QED) is 0.0658. The van der Waals surface area contributed by atoms with Crippen LogP contribution in [0.3, 0.4) is 0 Å². The summed E-state index contributed by atoms with van der Waals surface area (Å²) >= 11 is 0. The summed E-state index contributed by atoms with van der Waals surface area (Å²) in [6.45, 7) is 4.29. The number of nitrogens with two attached hydrogens (primary N) is 1. The molecule has 1 aromatic rings. The molecule has 16 heteroatoms. The van der Waals surface area contributed by atoms with Crippen LogP contribution in [-0.4, -0.2) is 106 Å². The highest BCUT2D eigenvalue weighted by Crippen LogP contribution is 2.13. The van der Waals surface area contributed by atoms with Crippen LogP contribution in [-0.2, 0) is 35.2 Å². The van der Waals surface area contributed by atoms with E-state index < -0.39 is 90.8 Å². The zero-order chi connectivity index (χ0) is 35.7. The first kappa shape index (κ1) is 40.7. The summed E-state index contributed by atoms with van der Waals surface area (Å²) in [6.07, 6.45) is 2.76. The van der Waals surface area contributed by atoms with Gasteiger partial charge in [-0.1, -0.05) is 32.4 Å². The minimum Gasteiger partial charge on any atom is -0.508 e. The third-order valence-corrected chi connectivity index (χ3v) is 7.42. The fourth-order valence-corrected chi connectivity index (χ4v) is 4.40. The van der Waals surface area contributed by atoms with Crippen molar-refractivity contribution in [3.63, 3.8) is 0 Å². The lowest BCUT2D eigenvalue weighted by atomic mass is 9.97. The van der Waals surface area contributed by atoms with Gasteiger partial charge in [0.2, 0.25) is 29.5 Å². The third kappa shape index (κ3) is 14.8. The molecule has 0 radical (unpaired) electrons. The number of aromatic hydroxyl groups is 1. The van der Waals surface area contributed by atoms with Crippen molar-refractivity contribution in [1.82, 2.24) is 26.6 Å². The van der Waals surface area contributed by atoms with E-state index in [1.807, 2.05) is 12.1 Å². The van der Waals surface area contributed by atoms with E-state index in [1.165, 1.54) is 13.8 Å². The summed E-state index contributed by atoms with van der Waals surface area (Å²) in [5.41, 5.74) is 6.45. The number of aliphatic carboxylic acids is 1. The summed E-state index contributed by atoms with van der Waals surface area (Å²) in [6, 6.07) is 0.710. The van der Waals surface area contributed by atoms with E-state index in [9.17, 15) is 44.1 Å². The van der Waals surface area contributed by atoms with E-state index in [-0.39, 0.29) is 18.7 Å². The van der Waals surface area contributed by atoms with Gasteiger partial charge >= 0.3 is 5.97 Å². The number of phenolic OH excluding ortho intramolecular Hbond substituents is 1. The highest BCUT2D eigenvalue weighted by molar-refractivity contribution is 5.93. The van der Waals surface area contributed by atoms with Gasteiger partial charge in [0.15, 0.2) is 0 Å². The molecule has 0 bridgehead atoms. The van der Waals surface area contributed by atoms with Crippen molar-refractivity contribution in [3.8, 4) is 5.75 Å². The molecule has 1 aromatic carbocycles. The summed E-state index contributed by atoms with van der Waals surface area (Å²) < 4.78 is 0. The standard InChI is InChI=1S/C31H50N6O10/c1-17(2)25(31(46)47)37-30(45)26(36-24(41)9-7-5-6-8-20-10-12-22(40)13-11-20)21(15-38)14-33-27(42)18(3)34-28(43)19(4)35-29(44)23(32)16-39/h10-13,17-19,21,23,25-26,38-40H,5-9,14-16,32H2,1-4H3,(H,33,42)(H,34,43)(H,35,44)(H,36,41)(H,37,45)(H,46,47)/t18-,19-,21?,23-,25-,26-/m0/s1. The summed E-state index contributed by atoms with van der Waals surface area (Å²) in [4.78, 5) is 74.9. The first-order valence-corrected chi connectivity index (χ1v) is 15.6. The molecule has 0 saturated heterocycles. The molecule has 47 heavy (non-hydrogen) atoms. The predicted octanol–water partition coefficient (Wildman–Crippen LogP) is -1.74. The first-order valence-electron chi connectivity index (χ1n) is 15.6. The molecule has 0 aliphatic carbocycles. The van der Waals surface area contributed by atoms with Crippen molar-refractivity contribution < 1.29 is 49.2 Å². The zero-order valence-electron chi connectivity index (χ0n) is 27.3. The van der Waals surface area contributed by atoms with Gasteiger partial charge in [0.25, 0.3) is 0 Å². The van der Waals surface area contributed by atoms with Gasteiger partial charge in [-0.25, -0.2) is 4.79 Å². The van der Waals surface area contributed by atoms with Crippen LogP contribution < -0.4 is 32.3 Å². The normalized spacial score (nSPS) is 14.9. The number of nitrogens with one attached hydrogen (secondary N) is 5. The molecule has 0 fully saturated rings. The molecule has 11 N–H and O–H groups in total. The van der Waals surface area contributed by atoms with E-state index in [2.05, 4.69) is 26.6 Å². The second kappa shape index (κ2) is 20.8. The molecule has 0 saturated carbocycles. The molecule has 0 heterocycles. The Hall–Kier alpha value is -4.28. The maximum absolute atomic E-state index is 13.3. The predicted molar refractivity (Wildman–Crippen MR) is 170 cm³/mol. The number of carbonyl (C=O) groups excluding carboxylic acids is 5. The number of aliphatic hydroxyl groups is 2. The Labute approximate surface area is 274 Å². The molecule has 5 amide bonds. The van der Waals surface area contributed by atoms with Crippen molar-refractivity contribution >= 4 is 35.5 Å². The number of phenols is 1. The van der Waals surface area contributed by atoms with Crippen molar-refractivity contribution in [2.45, 2.75) is 90.0 Å². The van der Waals surface area contributed by atoms with Gasteiger partial charge in [-0.05, 0) is 56.7 Å². The van der Waals surface area contributed by atoms with E-state index in [4.69, 9.17) is 10.8 Å². The Morgan fingerprint density at radius 2 is 1.32 bits per heavy atom. The molecule has 0 aliphatic heterocycles. The number of aryl methyl sites for hydroxylation is 1. The number of benzene rings is 1. The number of unbranched alkanes of at least 4 members (excludes halogenated alkanes) is 2. The molecule has 0 aliphatic rings. The summed E-state index contributed by atoms with van der Waals surface area (Å²) in [7, 11) is 0. The van der Waals surface area contributed by atoms with E-state index >= 15 is 0 Å². The van der Waals surface area contributed by atoms with Crippen molar-refractivity contribution in [1.29, 1.82) is 0 Å². The number of carbonyl (C=O) groups is 6. The maximum Gasteiger partial charge on any atom is 0.326 e. The number of rotatable bonds is 21. The Bertz CT molecular complexity index is 1200. The first-order chi connectivity index (χ1) is 22.1. The summed E-state index contributed by atoms with van der Waals surface area (Å²) in [5, 5.41) is 50.3. The second-order valence-corrected chi connectivity index (χ2v) is 11.8. The Morgan fingerprint density at radius 1 is 0.723 bits per heavy atom. The molecular formula is C31H50N6O10. The van der Waals surface area contributed by atoms with Crippen LogP contribution in [0, 0.1) is 11.8 Å². The number of aliphatic hydroxyl groups excluding tert-OH is 2. The Balaban J connectivity index is 2.85. The largest absolute Gasteiger partial charge is 0.508 e. The van der Waals surface area contributed by atoms with E-state index in [0.717, 1.165) is 18.4 Å². The Morgan fingerprint density at radius 3 is 1.87 bits per heavy atom. The van der Waals surface area contributed by atoms with Gasteiger partial charge in [0, 0.05) is 18.9 Å². The van der Waals surface area contributed by atoms with Crippen molar-refractivity contribution in [3.05, 3.63) is 29.8 Å². The Kier molecular flexibility index (Phi) is 18.0. The van der Waals surface area contributed by atoms with Gasteiger partial charge in [-0.15, -0.1) is 0 Å². The van der Waals surface area contributed by atoms with Gasteiger partial charge < -0.3 is 52.7 Å². The highest BCUT2D eigenvalue weighted by atomic mass is 16.4. The number of amides is 5. The molecule has 264 valence electrons. The van der Waals surface area contributed by atoms with Gasteiger partial charge in [0.1, 0.15) is 36.0 Å². The van der Waals surface area contributed by atoms with Crippen molar-refractivity contribution in [2.24, 2.45) is 17.6 Å². The molecule has 1 rings (SSSR count). The lowest BCUT2D eigenvalue weighted by Crippen LogP contribution is -2.58. The number of carboxylic acids is 1. The average Bonchev–Trinajstić information content (AvgIpc) is 3.02. The topological polar surface area (TPSA) is 270 Å². The fourth-order valence-electron chi connectivity index (χ4n) is 4.40. The van der Waals surface area contributed by atoms with Crippen LogP contribution >= 0.6 is 0 Å². The molecular weight excluding hydrogens is 616 g/mol.